The zero-order valence-corrected chi connectivity index (χ0v) is 10.2. The molecule has 0 saturated carbocycles. The number of rotatable bonds is 3. The number of halogens is 2. The van der Waals surface area contributed by atoms with Gasteiger partial charge in [-0.2, -0.15) is 0 Å². The van der Waals surface area contributed by atoms with E-state index in [4.69, 9.17) is 32.7 Å². The fourth-order valence-electron chi connectivity index (χ4n) is 1.49. The average molecular weight is 262 g/mol. The molecule has 1 aliphatic heterocycles. The second-order valence-electron chi connectivity index (χ2n) is 4.01. The van der Waals surface area contributed by atoms with Crippen LogP contribution < -0.4 is 0 Å². The van der Waals surface area contributed by atoms with Gasteiger partial charge >= 0.3 is 0 Å². The maximum absolute atomic E-state index is 5.87. The highest BCUT2D eigenvalue weighted by Crippen LogP contribution is 2.33. The summed E-state index contributed by atoms with van der Waals surface area (Å²) in [7, 11) is 0. The van der Waals surface area contributed by atoms with Gasteiger partial charge in [-0.3, -0.25) is 4.98 Å². The van der Waals surface area contributed by atoms with E-state index >= 15 is 0 Å². The van der Waals surface area contributed by atoms with E-state index in [0.29, 0.717) is 25.0 Å². The highest BCUT2D eigenvalue weighted by atomic mass is 35.5. The van der Waals surface area contributed by atoms with Gasteiger partial charge in [0.2, 0.25) is 0 Å². The molecule has 0 spiro atoms. The summed E-state index contributed by atoms with van der Waals surface area (Å²) in [4.78, 5) is 4.02. The molecule has 3 nitrogen and oxygen atoms in total. The van der Waals surface area contributed by atoms with Gasteiger partial charge in [0.15, 0.2) is 6.29 Å². The van der Waals surface area contributed by atoms with Gasteiger partial charge in [0.25, 0.3) is 0 Å². The summed E-state index contributed by atoms with van der Waals surface area (Å²) in [5.74, 6) is 0.881. The lowest BCUT2D eigenvalue weighted by Gasteiger charge is -2.37. The molecule has 0 atom stereocenters. The van der Waals surface area contributed by atoms with E-state index in [0.717, 1.165) is 5.56 Å². The Kier molecular flexibility index (Phi) is 4.03. The van der Waals surface area contributed by atoms with E-state index in [9.17, 15) is 0 Å². The largest absolute Gasteiger partial charge is 0.348 e. The molecule has 88 valence electrons. The molecular formula is C11H13Cl2NO2. The van der Waals surface area contributed by atoms with E-state index in [-0.39, 0.29) is 11.7 Å². The van der Waals surface area contributed by atoms with E-state index < -0.39 is 0 Å². The maximum atomic E-state index is 5.87. The van der Waals surface area contributed by atoms with Crippen LogP contribution in [0, 0.1) is 5.41 Å². The smallest absolute Gasteiger partial charge is 0.185 e. The monoisotopic (exact) mass is 261 g/mol. The Bertz CT molecular complexity index is 320. The first-order valence-corrected chi connectivity index (χ1v) is 6.12. The Morgan fingerprint density at radius 1 is 1.31 bits per heavy atom. The first kappa shape index (κ1) is 12.1. The van der Waals surface area contributed by atoms with E-state index in [1.807, 2.05) is 12.1 Å². The van der Waals surface area contributed by atoms with Gasteiger partial charge in [-0.15, -0.1) is 23.2 Å². The van der Waals surface area contributed by atoms with Crippen LogP contribution in [0.3, 0.4) is 0 Å². The number of nitrogens with zero attached hydrogens (tertiary/aromatic N) is 1. The Balaban J connectivity index is 2.00. The van der Waals surface area contributed by atoms with Crippen molar-refractivity contribution in [1.29, 1.82) is 0 Å². The van der Waals surface area contributed by atoms with Crippen molar-refractivity contribution in [3.63, 3.8) is 0 Å². The Labute approximate surface area is 105 Å². The van der Waals surface area contributed by atoms with E-state index in [1.165, 1.54) is 0 Å². The third-order valence-electron chi connectivity index (χ3n) is 2.61. The lowest BCUT2D eigenvalue weighted by molar-refractivity contribution is -0.224. The van der Waals surface area contributed by atoms with Crippen molar-refractivity contribution in [1.82, 2.24) is 4.98 Å². The predicted octanol–water partition coefficient (Wildman–Crippen LogP) is 2.59. The minimum Gasteiger partial charge on any atom is -0.348 e. The first-order chi connectivity index (χ1) is 7.79. The first-order valence-electron chi connectivity index (χ1n) is 5.05. The molecule has 0 amide bonds. The van der Waals surface area contributed by atoms with Crippen LogP contribution in [-0.4, -0.2) is 30.0 Å². The molecule has 0 unspecified atom stereocenters. The molecule has 0 N–H and O–H groups in total. The summed E-state index contributed by atoms with van der Waals surface area (Å²) >= 11 is 11.7. The Morgan fingerprint density at radius 3 is 2.50 bits per heavy atom. The van der Waals surface area contributed by atoms with Crippen molar-refractivity contribution in [3.05, 3.63) is 30.1 Å². The normalized spacial score (nSPS) is 20.9. The molecule has 1 saturated heterocycles. The second kappa shape index (κ2) is 5.32. The topological polar surface area (TPSA) is 31.4 Å². The highest BCUT2D eigenvalue weighted by Gasteiger charge is 2.36. The zero-order valence-electron chi connectivity index (χ0n) is 8.73. The molecule has 16 heavy (non-hydrogen) atoms. The van der Waals surface area contributed by atoms with Crippen LogP contribution in [0.4, 0.5) is 0 Å². The number of ether oxygens (including phenoxy) is 2. The molecule has 0 radical (unpaired) electrons. The van der Waals surface area contributed by atoms with E-state index in [1.54, 1.807) is 12.4 Å². The Morgan fingerprint density at radius 2 is 2.00 bits per heavy atom. The molecule has 5 heteroatoms. The molecule has 1 aliphatic rings. The molecule has 1 fully saturated rings. The second-order valence-corrected chi connectivity index (χ2v) is 4.54. The number of hydrogen-bond acceptors (Lipinski definition) is 3. The van der Waals surface area contributed by atoms with Crippen molar-refractivity contribution < 1.29 is 9.47 Å². The van der Waals surface area contributed by atoms with Crippen molar-refractivity contribution >= 4 is 23.2 Å². The van der Waals surface area contributed by atoms with Gasteiger partial charge in [0.05, 0.1) is 13.2 Å². The summed E-state index contributed by atoms with van der Waals surface area (Å²) in [6, 6.07) is 3.78. The molecule has 0 aliphatic carbocycles. The summed E-state index contributed by atoms with van der Waals surface area (Å²) in [5, 5.41) is 0. The third kappa shape index (κ3) is 2.48. The minimum atomic E-state index is -0.353. The van der Waals surface area contributed by atoms with Gasteiger partial charge in [0.1, 0.15) is 0 Å². The van der Waals surface area contributed by atoms with Gasteiger partial charge in [-0.1, -0.05) is 6.07 Å². The SMILES string of the molecule is ClCC1(CCl)COC(c2cccnc2)OC1. The van der Waals surface area contributed by atoms with Gasteiger partial charge in [-0.25, -0.2) is 0 Å². The zero-order chi connectivity index (χ0) is 11.4. The summed E-state index contributed by atoms with van der Waals surface area (Å²) in [6.07, 6.45) is 3.10. The summed E-state index contributed by atoms with van der Waals surface area (Å²) < 4.78 is 11.3. The molecule has 0 bridgehead atoms. The van der Waals surface area contributed by atoms with Crippen LogP contribution in [-0.2, 0) is 9.47 Å². The minimum absolute atomic E-state index is 0.262. The fourth-order valence-corrected chi connectivity index (χ4v) is 2.09. The van der Waals surface area contributed by atoms with Gasteiger partial charge in [0, 0.05) is 35.1 Å². The maximum Gasteiger partial charge on any atom is 0.185 e. The van der Waals surface area contributed by atoms with Crippen LogP contribution in [0.1, 0.15) is 11.9 Å². The van der Waals surface area contributed by atoms with Crippen LogP contribution in [0.25, 0.3) is 0 Å². The number of pyridine rings is 1. The number of aromatic nitrogens is 1. The van der Waals surface area contributed by atoms with Crippen LogP contribution in [0.15, 0.2) is 24.5 Å². The van der Waals surface area contributed by atoms with Gasteiger partial charge in [-0.05, 0) is 6.07 Å². The summed E-state index contributed by atoms with van der Waals surface area (Å²) in [5.41, 5.74) is 0.655. The van der Waals surface area contributed by atoms with Crippen molar-refractivity contribution in [2.75, 3.05) is 25.0 Å². The number of alkyl halides is 2. The molecule has 0 aromatic carbocycles. The van der Waals surface area contributed by atoms with Crippen molar-refractivity contribution in [3.8, 4) is 0 Å². The van der Waals surface area contributed by atoms with Crippen LogP contribution in [0.2, 0.25) is 0 Å². The third-order valence-corrected chi connectivity index (χ3v) is 3.74. The predicted molar refractivity (Wildman–Crippen MR) is 62.8 cm³/mol. The molecular weight excluding hydrogens is 249 g/mol. The molecule has 2 heterocycles. The van der Waals surface area contributed by atoms with Crippen LogP contribution >= 0.6 is 23.2 Å². The molecule has 1 aromatic heterocycles. The summed E-state index contributed by atoms with van der Waals surface area (Å²) in [6.45, 7) is 1.03. The lowest BCUT2D eigenvalue weighted by atomic mass is 9.94. The van der Waals surface area contributed by atoms with Crippen molar-refractivity contribution in [2.45, 2.75) is 6.29 Å². The fraction of sp³-hybridized carbons (Fsp3) is 0.545. The highest BCUT2D eigenvalue weighted by molar-refractivity contribution is 6.21. The molecule has 2 rings (SSSR count). The van der Waals surface area contributed by atoms with Crippen molar-refractivity contribution in [2.24, 2.45) is 5.41 Å². The van der Waals surface area contributed by atoms with Gasteiger partial charge < -0.3 is 9.47 Å². The molecule has 1 aromatic rings. The Hall–Kier alpha value is -0.350. The standard InChI is InChI=1S/C11H13Cl2NO2/c12-5-11(6-13)7-15-10(16-8-11)9-2-1-3-14-4-9/h1-4,10H,5-8H2. The van der Waals surface area contributed by atoms with Crippen LogP contribution in [0.5, 0.6) is 0 Å². The quantitative estimate of drug-likeness (QED) is 0.784. The average Bonchev–Trinajstić information content (AvgIpc) is 2.40. The lowest BCUT2D eigenvalue weighted by Crippen LogP contribution is -2.41. The van der Waals surface area contributed by atoms with E-state index in [2.05, 4.69) is 4.98 Å². The number of hydrogen-bond donors (Lipinski definition) is 0.